The molecule has 1 fully saturated rings. The fraction of sp³-hybridized carbons (Fsp3) is 0.611. The zero-order valence-electron chi connectivity index (χ0n) is 13.4. The molecular formula is C18H26ClNO2. The van der Waals surface area contributed by atoms with E-state index >= 15 is 0 Å². The highest BCUT2D eigenvalue weighted by Crippen LogP contribution is 2.24. The van der Waals surface area contributed by atoms with Crippen molar-refractivity contribution in [3.63, 3.8) is 0 Å². The van der Waals surface area contributed by atoms with Gasteiger partial charge in [-0.15, -0.1) is 0 Å². The number of carbonyl (C=O) groups excluding carboxylic acids is 1. The van der Waals surface area contributed by atoms with Crippen molar-refractivity contribution in [3.05, 3.63) is 34.9 Å². The van der Waals surface area contributed by atoms with Crippen LogP contribution in [0.5, 0.6) is 0 Å². The van der Waals surface area contributed by atoms with E-state index in [1.54, 1.807) is 0 Å². The minimum absolute atomic E-state index is 0.00987. The van der Waals surface area contributed by atoms with Gasteiger partial charge in [-0.25, -0.2) is 0 Å². The van der Waals surface area contributed by atoms with Gasteiger partial charge in [-0.2, -0.15) is 0 Å². The smallest absolute Gasteiger partial charge is 0.144 e. The van der Waals surface area contributed by atoms with E-state index in [0.717, 1.165) is 31.2 Å². The predicted octanol–water partition coefficient (Wildman–Crippen LogP) is 3.54. The summed E-state index contributed by atoms with van der Waals surface area (Å²) in [6.07, 6.45) is 3.50. The van der Waals surface area contributed by atoms with E-state index in [4.69, 9.17) is 11.6 Å². The Morgan fingerprint density at radius 3 is 2.36 bits per heavy atom. The number of ketones is 1. The van der Waals surface area contributed by atoms with Crippen molar-refractivity contribution in [3.8, 4) is 0 Å². The third kappa shape index (κ3) is 4.80. The maximum atomic E-state index is 12.5. The molecule has 1 atom stereocenters. The number of hydrogen-bond acceptors (Lipinski definition) is 3. The van der Waals surface area contributed by atoms with Gasteiger partial charge in [-0.05, 0) is 43.4 Å². The van der Waals surface area contributed by atoms with Gasteiger partial charge in [0.1, 0.15) is 5.78 Å². The van der Waals surface area contributed by atoms with Gasteiger partial charge >= 0.3 is 0 Å². The number of rotatable bonds is 6. The molecule has 2 rings (SSSR count). The number of hydrogen-bond donors (Lipinski definition) is 2. The first kappa shape index (κ1) is 17.5. The maximum Gasteiger partial charge on any atom is 0.144 e. The van der Waals surface area contributed by atoms with Gasteiger partial charge in [0.15, 0.2) is 0 Å². The lowest BCUT2D eigenvalue weighted by Gasteiger charge is -2.28. The zero-order valence-corrected chi connectivity index (χ0v) is 14.1. The summed E-state index contributed by atoms with van der Waals surface area (Å²) in [6.45, 7) is 4.55. The molecule has 0 heterocycles. The van der Waals surface area contributed by atoms with E-state index in [2.05, 4.69) is 5.32 Å². The lowest BCUT2D eigenvalue weighted by Crippen LogP contribution is -2.39. The molecule has 1 aliphatic carbocycles. The molecule has 2 N–H and O–H groups in total. The number of benzene rings is 1. The molecule has 1 aromatic rings. The minimum atomic E-state index is -0.151. The summed E-state index contributed by atoms with van der Waals surface area (Å²) in [7, 11) is 0. The highest BCUT2D eigenvalue weighted by atomic mass is 35.5. The Hall–Kier alpha value is -0.900. The van der Waals surface area contributed by atoms with Crippen LogP contribution in [0, 0.1) is 5.92 Å². The monoisotopic (exact) mass is 323 g/mol. The summed E-state index contributed by atoms with van der Waals surface area (Å²) in [5, 5.41) is 13.8. The number of carbonyl (C=O) groups is 1. The van der Waals surface area contributed by atoms with Crippen LogP contribution in [-0.4, -0.2) is 29.6 Å². The van der Waals surface area contributed by atoms with Crippen molar-refractivity contribution < 1.29 is 9.90 Å². The molecule has 4 heteroatoms. The molecule has 22 heavy (non-hydrogen) atoms. The van der Waals surface area contributed by atoms with Crippen LogP contribution in [0.15, 0.2) is 24.3 Å². The number of Topliss-reactive ketones (excluding diaryl/α,β-unsaturated/α-hetero) is 1. The molecule has 0 radical (unpaired) electrons. The third-order valence-corrected chi connectivity index (χ3v) is 4.74. The number of aliphatic hydroxyl groups excluding tert-OH is 1. The van der Waals surface area contributed by atoms with Crippen molar-refractivity contribution in [1.29, 1.82) is 0 Å². The Morgan fingerprint density at radius 1 is 1.23 bits per heavy atom. The maximum absolute atomic E-state index is 12.5. The SMILES string of the molecule is CC(C)C(=O)C(CNC1CCC(O)CC1)c1ccc(Cl)cc1. The van der Waals surface area contributed by atoms with Crippen LogP contribution >= 0.6 is 11.6 Å². The molecule has 1 aliphatic rings. The van der Waals surface area contributed by atoms with E-state index in [1.807, 2.05) is 38.1 Å². The number of nitrogens with one attached hydrogen (secondary N) is 1. The van der Waals surface area contributed by atoms with Crippen molar-refractivity contribution >= 4 is 17.4 Å². The molecule has 122 valence electrons. The Bertz CT molecular complexity index is 478. The van der Waals surface area contributed by atoms with Gasteiger partial charge in [0.25, 0.3) is 0 Å². The van der Waals surface area contributed by atoms with E-state index in [9.17, 15) is 9.90 Å². The summed E-state index contributed by atoms with van der Waals surface area (Å²) in [5.74, 6) is 0.130. The van der Waals surface area contributed by atoms with E-state index in [1.165, 1.54) is 0 Å². The first-order valence-corrected chi connectivity index (χ1v) is 8.55. The van der Waals surface area contributed by atoms with Crippen LogP contribution in [0.2, 0.25) is 5.02 Å². The molecule has 0 amide bonds. The first-order valence-electron chi connectivity index (χ1n) is 8.18. The normalized spacial score (nSPS) is 23.5. The van der Waals surface area contributed by atoms with Crippen molar-refractivity contribution in [2.75, 3.05) is 6.54 Å². The molecule has 0 aliphatic heterocycles. The average Bonchev–Trinajstić information content (AvgIpc) is 2.50. The van der Waals surface area contributed by atoms with Crippen LogP contribution in [-0.2, 0) is 4.79 Å². The van der Waals surface area contributed by atoms with Crippen LogP contribution < -0.4 is 5.32 Å². The second-order valence-corrected chi connectivity index (χ2v) is 7.01. The van der Waals surface area contributed by atoms with Crippen molar-refractivity contribution in [2.24, 2.45) is 5.92 Å². The Kier molecular flexibility index (Phi) is 6.42. The molecule has 3 nitrogen and oxygen atoms in total. The quantitative estimate of drug-likeness (QED) is 0.841. The van der Waals surface area contributed by atoms with Crippen molar-refractivity contribution in [1.82, 2.24) is 5.32 Å². The predicted molar refractivity (Wildman–Crippen MR) is 90.3 cm³/mol. The largest absolute Gasteiger partial charge is 0.393 e. The lowest BCUT2D eigenvalue weighted by molar-refractivity contribution is -0.123. The average molecular weight is 324 g/mol. The summed E-state index contributed by atoms with van der Waals surface area (Å²) in [5.41, 5.74) is 1.02. The molecule has 1 aromatic carbocycles. The molecular weight excluding hydrogens is 298 g/mol. The Balaban J connectivity index is 2.02. The van der Waals surface area contributed by atoms with Crippen molar-refractivity contribution in [2.45, 2.75) is 57.6 Å². The van der Waals surface area contributed by atoms with Crippen LogP contribution in [0.1, 0.15) is 51.0 Å². The second kappa shape index (κ2) is 8.09. The molecule has 1 saturated carbocycles. The van der Waals surface area contributed by atoms with Gasteiger partial charge in [0.05, 0.1) is 12.0 Å². The molecule has 0 aromatic heterocycles. The Labute approximate surface area is 138 Å². The van der Waals surface area contributed by atoms with Gasteiger partial charge in [-0.3, -0.25) is 4.79 Å². The number of halogens is 1. The molecule has 0 bridgehead atoms. The minimum Gasteiger partial charge on any atom is -0.393 e. The van der Waals surface area contributed by atoms with Crippen LogP contribution in [0.25, 0.3) is 0 Å². The first-order chi connectivity index (χ1) is 10.5. The van der Waals surface area contributed by atoms with Crippen LogP contribution in [0.4, 0.5) is 0 Å². The summed E-state index contributed by atoms with van der Waals surface area (Å²) in [4.78, 5) is 12.5. The highest BCUT2D eigenvalue weighted by Gasteiger charge is 2.25. The topological polar surface area (TPSA) is 49.3 Å². The fourth-order valence-corrected chi connectivity index (χ4v) is 3.17. The summed E-state index contributed by atoms with van der Waals surface area (Å²) >= 11 is 5.95. The fourth-order valence-electron chi connectivity index (χ4n) is 3.04. The van der Waals surface area contributed by atoms with Gasteiger partial charge in [0, 0.05) is 23.5 Å². The van der Waals surface area contributed by atoms with E-state index in [-0.39, 0.29) is 23.7 Å². The molecule has 1 unspecified atom stereocenters. The summed E-state index contributed by atoms with van der Waals surface area (Å²) in [6, 6.07) is 7.97. The Morgan fingerprint density at radius 2 is 1.82 bits per heavy atom. The highest BCUT2D eigenvalue weighted by molar-refractivity contribution is 6.30. The zero-order chi connectivity index (χ0) is 16.1. The van der Waals surface area contributed by atoms with E-state index in [0.29, 0.717) is 17.6 Å². The number of aliphatic hydroxyl groups is 1. The third-order valence-electron chi connectivity index (χ3n) is 4.49. The lowest BCUT2D eigenvalue weighted by atomic mass is 9.87. The standard InChI is InChI=1S/C18H26ClNO2/c1-12(2)18(22)17(13-3-5-14(19)6-4-13)11-20-15-7-9-16(21)10-8-15/h3-6,12,15-17,20-21H,7-11H2,1-2H3. The summed E-state index contributed by atoms with van der Waals surface area (Å²) < 4.78 is 0. The van der Waals surface area contributed by atoms with Gasteiger partial charge in [0.2, 0.25) is 0 Å². The molecule has 0 saturated heterocycles. The van der Waals surface area contributed by atoms with Gasteiger partial charge < -0.3 is 10.4 Å². The molecule has 0 spiro atoms. The second-order valence-electron chi connectivity index (χ2n) is 6.57. The van der Waals surface area contributed by atoms with Gasteiger partial charge in [-0.1, -0.05) is 37.6 Å². The van der Waals surface area contributed by atoms with Crippen LogP contribution in [0.3, 0.4) is 0 Å². The van der Waals surface area contributed by atoms with E-state index < -0.39 is 0 Å².